The summed E-state index contributed by atoms with van der Waals surface area (Å²) in [4.78, 5) is 0. The van der Waals surface area contributed by atoms with Crippen molar-refractivity contribution in [3.8, 4) is 0 Å². The van der Waals surface area contributed by atoms with Crippen LogP contribution in [0, 0.1) is 23.7 Å². The van der Waals surface area contributed by atoms with E-state index in [1.54, 1.807) is 5.57 Å². The van der Waals surface area contributed by atoms with E-state index in [1.807, 2.05) is 13.8 Å². The summed E-state index contributed by atoms with van der Waals surface area (Å²) in [6.07, 6.45) is 7.43. The molecule has 0 aromatic rings. The van der Waals surface area contributed by atoms with Crippen LogP contribution in [0.3, 0.4) is 0 Å². The predicted molar refractivity (Wildman–Crippen MR) is 68.2 cm³/mol. The largest absolute Gasteiger partial charge is 0.386 e. The van der Waals surface area contributed by atoms with Crippen molar-refractivity contribution in [3.05, 3.63) is 11.6 Å². The van der Waals surface area contributed by atoms with Gasteiger partial charge < -0.3 is 5.11 Å². The summed E-state index contributed by atoms with van der Waals surface area (Å²) < 4.78 is 0. The van der Waals surface area contributed by atoms with Gasteiger partial charge in [0, 0.05) is 0 Å². The maximum atomic E-state index is 9.97. The second kappa shape index (κ2) is 4.18. The molecule has 0 aromatic heterocycles. The third kappa shape index (κ3) is 2.34. The normalized spacial score (nSPS) is 42.4. The summed E-state index contributed by atoms with van der Waals surface area (Å²) in [6, 6.07) is 0. The van der Waals surface area contributed by atoms with Crippen LogP contribution in [0.4, 0.5) is 0 Å². The molecule has 92 valence electrons. The van der Waals surface area contributed by atoms with Crippen molar-refractivity contribution in [2.75, 3.05) is 0 Å². The second-order valence-electron chi connectivity index (χ2n) is 6.63. The third-order valence-electron chi connectivity index (χ3n) is 4.62. The number of hydrogen-bond acceptors (Lipinski definition) is 1. The molecule has 1 heteroatoms. The first-order valence-electron chi connectivity index (χ1n) is 6.82. The Kier molecular flexibility index (Phi) is 3.18. The molecule has 2 rings (SSSR count). The van der Waals surface area contributed by atoms with E-state index in [1.165, 1.54) is 25.7 Å². The molecule has 0 saturated heterocycles. The molecule has 0 aliphatic heterocycles. The Morgan fingerprint density at radius 2 is 1.81 bits per heavy atom. The molecule has 0 bridgehead atoms. The van der Waals surface area contributed by atoms with Gasteiger partial charge >= 0.3 is 0 Å². The monoisotopic (exact) mass is 222 g/mol. The lowest BCUT2D eigenvalue weighted by Crippen LogP contribution is -2.29. The number of aliphatic hydroxyl groups is 1. The highest BCUT2D eigenvalue weighted by atomic mass is 16.3. The Morgan fingerprint density at radius 1 is 1.12 bits per heavy atom. The average Bonchev–Trinajstić information content (AvgIpc) is 2.52. The number of hydrogen-bond donors (Lipinski definition) is 1. The Hall–Kier alpha value is -0.300. The molecule has 2 fully saturated rings. The number of fused-ring (bicyclic) bond motifs is 1. The maximum Gasteiger partial charge on any atom is 0.0774 e. The van der Waals surface area contributed by atoms with Crippen LogP contribution in [0.1, 0.15) is 53.4 Å². The molecule has 4 unspecified atom stereocenters. The van der Waals surface area contributed by atoms with E-state index in [4.69, 9.17) is 0 Å². The van der Waals surface area contributed by atoms with Crippen molar-refractivity contribution in [1.82, 2.24) is 0 Å². The van der Waals surface area contributed by atoms with Crippen LogP contribution in [0.5, 0.6) is 0 Å². The molecule has 0 amide bonds. The zero-order valence-electron chi connectivity index (χ0n) is 11.2. The first kappa shape index (κ1) is 12.2. The van der Waals surface area contributed by atoms with Crippen molar-refractivity contribution in [2.45, 2.75) is 59.0 Å². The fourth-order valence-corrected chi connectivity index (χ4v) is 3.91. The minimum absolute atomic E-state index is 0.636. The van der Waals surface area contributed by atoms with Crippen LogP contribution < -0.4 is 0 Å². The molecule has 1 N–H and O–H groups in total. The summed E-state index contributed by atoms with van der Waals surface area (Å²) in [6.45, 7) is 8.59. The van der Waals surface area contributed by atoms with Crippen LogP contribution in [-0.2, 0) is 0 Å². The highest BCUT2D eigenvalue weighted by Crippen LogP contribution is 2.51. The van der Waals surface area contributed by atoms with E-state index in [2.05, 4.69) is 19.9 Å². The summed E-state index contributed by atoms with van der Waals surface area (Å²) in [5, 5.41) is 9.97. The summed E-state index contributed by atoms with van der Waals surface area (Å²) >= 11 is 0. The number of rotatable bonds is 1. The lowest BCUT2D eigenvalue weighted by molar-refractivity contribution is 0.127. The molecule has 16 heavy (non-hydrogen) atoms. The molecule has 2 aliphatic carbocycles. The van der Waals surface area contributed by atoms with Crippen molar-refractivity contribution < 1.29 is 5.11 Å². The molecule has 0 aromatic carbocycles. The fraction of sp³-hybridized carbons (Fsp3) is 0.867. The lowest BCUT2D eigenvalue weighted by atomic mass is 9.69. The number of allylic oxidation sites excluding steroid dienone is 1. The van der Waals surface area contributed by atoms with Crippen LogP contribution >= 0.6 is 0 Å². The van der Waals surface area contributed by atoms with Crippen molar-refractivity contribution in [3.63, 3.8) is 0 Å². The second-order valence-corrected chi connectivity index (χ2v) is 6.63. The van der Waals surface area contributed by atoms with E-state index in [9.17, 15) is 5.11 Å². The van der Waals surface area contributed by atoms with Crippen LogP contribution in [0.15, 0.2) is 11.6 Å². The van der Waals surface area contributed by atoms with E-state index in [0.29, 0.717) is 0 Å². The van der Waals surface area contributed by atoms with Gasteiger partial charge in [0.15, 0.2) is 0 Å². The molecule has 0 radical (unpaired) electrons. The molecule has 0 spiro atoms. The Morgan fingerprint density at radius 3 is 2.44 bits per heavy atom. The van der Waals surface area contributed by atoms with Crippen LogP contribution in [-0.4, -0.2) is 10.7 Å². The molecule has 2 saturated carbocycles. The molecule has 2 aliphatic rings. The smallest absolute Gasteiger partial charge is 0.0774 e. The van der Waals surface area contributed by atoms with Gasteiger partial charge in [-0.3, -0.25) is 0 Å². The zero-order valence-corrected chi connectivity index (χ0v) is 11.2. The van der Waals surface area contributed by atoms with Crippen molar-refractivity contribution in [2.24, 2.45) is 23.7 Å². The first-order valence-corrected chi connectivity index (χ1v) is 6.82. The van der Waals surface area contributed by atoms with Gasteiger partial charge in [0.2, 0.25) is 0 Å². The molecule has 1 nitrogen and oxygen atoms in total. The zero-order chi connectivity index (χ0) is 11.9. The fourth-order valence-electron chi connectivity index (χ4n) is 3.91. The van der Waals surface area contributed by atoms with E-state index < -0.39 is 5.60 Å². The topological polar surface area (TPSA) is 20.2 Å². The van der Waals surface area contributed by atoms with Gasteiger partial charge in [-0.15, -0.1) is 0 Å². The Labute approximate surface area is 99.9 Å². The van der Waals surface area contributed by atoms with Crippen LogP contribution in [0.25, 0.3) is 0 Å². The Balaban J connectivity index is 2.24. The van der Waals surface area contributed by atoms with Gasteiger partial charge in [0.05, 0.1) is 5.60 Å². The molecular formula is C15H26O. The van der Waals surface area contributed by atoms with Gasteiger partial charge in [-0.25, -0.2) is 0 Å². The summed E-state index contributed by atoms with van der Waals surface area (Å²) in [5.74, 6) is 3.35. The van der Waals surface area contributed by atoms with E-state index >= 15 is 0 Å². The van der Waals surface area contributed by atoms with Gasteiger partial charge in [0.25, 0.3) is 0 Å². The van der Waals surface area contributed by atoms with Crippen molar-refractivity contribution >= 4 is 0 Å². The third-order valence-corrected chi connectivity index (χ3v) is 4.62. The SMILES string of the molecule is CC1CCC(=CC(C)(C)O)C2C(C)CCC12. The van der Waals surface area contributed by atoms with E-state index in [-0.39, 0.29) is 0 Å². The molecular weight excluding hydrogens is 196 g/mol. The predicted octanol–water partition coefficient (Wildman–Crippen LogP) is 3.78. The minimum Gasteiger partial charge on any atom is -0.386 e. The average molecular weight is 222 g/mol. The van der Waals surface area contributed by atoms with Crippen molar-refractivity contribution in [1.29, 1.82) is 0 Å². The Bertz CT molecular complexity index is 284. The van der Waals surface area contributed by atoms with Gasteiger partial charge in [-0.05, 0) is 63.2 Å². The summed E-state index contributed by atoms with van der Waals surface area (Å²) in [5.41, 5.74) is 0.906. The van der Waals surface area contributed by atoms with Gasteiger partial charge in [-0.2, -0.15) is 0 Å². The van der Waals surface area contributed by atoms with Gasteiger partial charge in [-0.1, -0.05) is 25.5 Å². The first-order chi connectivity index (χ1) is 7.38. The highest BCUT2D eigenvalue weighted by molar-refractivity contribution is 5.19. The highest BCUT2D eigenvalue weighted by Gasteiger charge is 2.41. The quantitative estimate of drug-likeness (QED) is 0.669. The van der Waals surface area contributed by atoms with E-state index in [0.717, 1.165) is 23.7 Å². The standard InChI is InChI=1S/C15H26O/c1-10-5-7-12(9-15(3,4)16)14-11(2)6-8-13(10)14/h9-11,13-14,16H,5-8H2,1-4H3. The lowest BCUT2D eigenvalue weighted by Gasteiger charge is -2.37. The minimum atomic E-state index is -0.636. The van der Waals surface area contributed by atoms with Crippen LogP contribution in [0.2, 0.25) is 0 Å². The van der Waals surface area contributed by atoms with Gasteiger partial charge in [0.1, 0.15) is 0 Å². The maximum absolute atomic E-state index is 9.97. The molecule has 0 heterocycles. The summed E-state index contributed by atoms with van der Waals surface area (Å²) in [7, 11) is 0. The molecule has 4 atom stereocenters.